The molecule has 0 saturated heterocycles. The zero-order valence-corrected chi connectivity index (χ0v) is 11.9. The average molecular weight is 296 g/mol. The van der Waals surface area contributed by atoms with Gasteiger partial charge in [-0.3, -0.25) is 4.79 Å². The molecule has 0 fully saturated rings. The van der Waals surface area contributed by atoms with Crippen LogP contribution in [-0.4, -0.2) is 15.8 Å². The fourth-order valence-electron chi connectivity index (χ4n) is 2.09. The van der Waals surface area contributed by atoms with Crippen LogP contribution >= 0.6 is 22.7 Å². The predicted octanol–water partition coefficient (Wildman–Crippen LogP) is 4.14. The zero-order valence-electron chi connectivity index (χ0n) is 10.2. The first-order valence-electron chi connectivity index (χ1n) is 6.05. The number of hydrogen-bond acceptors (Lipinski definition) is 5. The van der Waals surface area contributed by atoms with Crippen molar-refractivity contribution in [2.24, 2.45) is 0 Å². The Morgan fingerprint density at radius 1 is 0.850 bits per heavy atom. The van der Waals surface area contributed by atoms with Crippen molar-refractivity contribution in [3.8, 4) is 0 Å². The highest BCUT2D eigenvalue weighted by Crippen LogP contribution is 2.30. The molecule has 0 spiro atoms. The molecule has 0 aliphatic rings. The molecule has 0 unspecified atom stereocenters. The second kappa shape index (κ2) is 4.47. The van der Waals surface area contributed by atoms with E-state index in [2.05, 4.69) is 9.97 Å². The maximum atomic E-state index is 12.6. The second-order valence-electron chi connectivity index (χ2n) is 4.35. The highest BCUT2D eigenvalue weighted by molar-refractivity contribution is 7.23. The van der Waals surface area contributed by atoms with E-state index >= 15 is 0 Å². The van der Waals surface area contributed by atoms with Crippen LogP contribution in [0, 0.1) is 0 Å². The van der Waals surface area contributed by atoms with Gasteiger partial charge in [0.05, 0.1) is 9.75 Å². The Hall–Kier alpha value is -2.11. The number of rotatable bonds is 2. The van der Waals surface area contributed by atoms with E-state index in [9.17, 15) is 4.79 Å². The molecule has 4 aromatic heterocycles. The van der Waals surface area contributed by atoms with Gasteiger partial charge in [-0.25, -0.2) is 9.97 Å². The third-order valence-corrected chi connectivity index (χ3v) is 5.15. The van der Waals surface area contributed by atoms with E-state index in [0.29, 0.717) is 0 Å². The van der Waals surface area contributed by atoms with Gasteiger partial charge >= 0.3 is 0 Å². The van der Waals surface area contributed by atoms with Gasteiger partial charge in [-0.15, -0.1) is 22.7 Å². The van der Waals surface area contributed by atoms with Crippen molar-refractivity contribution in [3.63, 3.8) is 0 Å². The van der Waals surface area contributed by atoms with Gasteiger partial charge in [0, 0.05) is 23.2 Å². The third-order valence-electron chi connectivity index (χ3n) is 3.04. The van der Waals surface area contributed by atoms with Crippen LogP contribution in [0.4, 0.5) is 0 Å². The Labute approximate surface area is 122 Å². The zero-order chi connectivity index (χ0) is 13.5. The molecule has 96 valence electrons. The minimum Gasteiger partial charge on any atom is -0.287 e. The Balaban J connectivity index is 1.82. The summed E-state index contributed by atoms with van der Waals surface area (Å²) in [6, 6.07) is 11.5. The van der Waals surface area contributed by atoms with Gasteiger partial charge in [0.2, 0.25) is 5.78 Å². The topological polar surface area (TPSA) is 42.9 Å². The van der Waals surface area contributed by atoms with Crippen LogP contribution in [0.15, 0.2) is 48.8 Å². The molecule has 0 saturated carbocycles. The summed E-state index contributed by atoms with van der Waals surface area (Å²) < 4.78 is 0. The highest BCUT2D eigenvalue weighted by Gasteiger charge is 2.16. The molecule has 5 heteroatoms. The smallest absolute Gasteiger partial charge is 0.213 e. The van der Waals surface area contributed by atoms with Crippen LogP contribution in [0.2, 0.25) is 0 Å². The van der Waals surface area contributed by atoms with Gasteiger partial charge in [-0.2, -0.15) is 0 Å². The van der Waals surface area contributed by atoms with Crippen LogP contribution in [0.5, 0.6) is 0 Å². The molecule has 4 aromatic rings. The Kier molecular flexibility index (Phi) is 2.61. The monoisotopic (exact) mass is 296 g/mol. The summed E-state index contributed by atoms with van der Waals surface area (Å²) in [4.78, 5) is 24.4. The lowest BCUT2D eigenvalue weighted by atomic mass is 10.2. The summed E-state index contributed by atoms with van der Waals surface area (Å²) in [6.45, 7) is 0. The number of carbonyl (C=O) groups is 1. The van der Waals surface area contributed by atoms with Crippen molar-refractivity contribution in [2.45, 2.75) is 0 Å². The standard InChI is InChI=1S/C15H8N2OS2/c18-13(11-7-9-3-1-5-16-14(9)19-11)12-8-10-4-2-6-17-15(10)20-12/h1-8H. The first-order chi connectivity index (χ1) is 9.81. The number of hydrogen-bond donors (Lipinski definition) is 0. The van der Waals surface area contributed by atoms with Crippen LogP contribution in [0.3, 0.4) is 0 Å². The number of thiophene rings is 2. The summed E-state index contributed by atoms with van der Waals surface area (Å²) in [6.07, 6.45) is 3.49. The quantitative estimate of drug-likeness (QED) is 0.522. The molecule has 0 N–H and O–H groups in total. The lowest BCUT2D eigenvalue weighted by Crippen LogP contribution is -1.93. The van der Waals surface area contributed by atoms with E-state index in [-0.39, 0.29) is 5.78 Å². The Morgan fingerprint density at radius 2 is 1.35 bits per heavy atom. The van der Waals surface area contributed by atoms with Crippen molar-refractivity contribution in [1.82, 2.24) is 9.97 Å². The minimum absolute atomic E-state index is 0.0519. The fraction of sp³-hybridized carbons (Fsp3) is 0. The van der Waals surface area contributed by atoms with Crippen LogP contribution in [0.25, 0.3) is 20.4 Å². The number of fused-ring (bicyclic) bond motifs is 2. The van der Waals surface area contributed by atoms with Crippen molar-refractivity contribution < 1.29 is 4.79 Å². The normalized spacial score (nSPS) is 11.2. The number of nitrogens with zero attached hydrogens (tertiary/aromatic N) is 2. The van der Waals surface area contributed by atoms with Crippen molar-refractivity contribution in [1.29, 1.82) is 0 Å². The molecule has 0 radical (unpaired) electrons. The predicted molar refractivity (Wildman–Crippen MR) is 82.7 cm³/mol. The Morgan fingerprint density at radius 3 is 1.80 bits per heavy atom. The first-order valence-corrected chi connectivity index (χ1v) is 7.68. The molecule has 0 aromatic carbocycles. The molecule has 20 heavy (non-hydrogen) atoms. The van der Waals surface area contributed by atoms with Crippen molar-refractivity contribution >= 4 is 48.9 Å². The summed E-state index contributed by atoms with van der Waals surface area (Å²) in [5, 5.41) is 2.03. The van der Waals surface area contributed by atoms with Gasteiger partial charge in [0.15, 0.2) is 0 Å². The van der Waals surface area contributed by atoms with Crippen LogP contribution in [-0.2, 0) is 0 Å². The number of aromatic nitrogens is 2. The molecular formula is C15H8N2OS2. The SMILES string of the molecule is O=C(c1cc2cccnc2s1)c1cc2cccnc2s1. The largest absolute Gasteiger partial charge is 0.287 e. The maximum Gasteiger partial charge on any atom is 0.213 e. The molecule has 4 heterocycles. The minimum atomic E-state index is 0.0519. The van der Waals surface area contributed by atoms with Crippen LogP contribution in [0.1, 0.15) is 14.5 Å². The molecule has 0 atom stereocenters. The summed E-state index contributed by atoms with van der Waals surface area (Å²) in [5.41, 5.74) is 0. The second-order valence-corrected chi connectivity index (χ2v) is 6.41. The molecule has 0 amide bonds. The summed E-state index contributed by atoms with van der Waals surface area (Å²) in [5.74, 6) is 0.0519. The number of pyridine rings is 2. The molecule has 3 nitrogen and oxygen atoms in total. The van der Waals surface area contributed by atoms with Gasteiger partial charge in [0.25, 0.3) is 0 Å². The van der Waals surface area contributed by atoms with Crippen molar-refractivity contribution in [3.05, 3.63) is 58.5 Å². The van der Waals surface area contributed by atoms with Gasteiger partial charge in [-0.1, -0.05) is 12.1 Å². The summed E-state index contributed by atoms with van der Waals surface area (Å²) >= 11 is 2.87. The highest BCUT2D eigenvalue weighted by atomic mass is 32.1. The lowest BCUT2D eigenvalue weighted by molar-refractivity contribution is 0.104. The molecule has 0 bridgehead atoms. The van der Waals surface area contributed by atoms with E-state index in [1.54, 1.807) is 12.4 Å². The number of ketones is 1. The van der Waals surface area contributed by atoms with E-state index in [1.165, 1.54) is 22.7 Å². The number of carbonyl (C=O) groups excluding carboxylic acids is 1. The van der Waals surface area contributed by atoms with Gasteiger partial charge in [0.1, 0.15) is 9.66 Å². The van der Waals surface area contributed by atoms with E-state index < -0.39 is 0 Å². The fourth-order valence-corrected chi connectivity index (χ4v) is 4.07. The van der Waals surface area contributed by atoms with E-state index in [1.807, 2.05) is 36.4 Å². The summed E-state index contributed by atoms with van der Waals surface area (Å²) in [7, 11) is 0. The van der Waals surface area contributed by atoms with E-state index in [0.717, 1.165) is 30.2 Å². The molecule has 4 rings (SSSR count). The van der Waals surface area contributed by atoms with Crippen molar-refractivity contribution in [2.75, 3.05) is 0 Å². The Bertz CT molecular complexity index is 797. The maximum absolute atomic E-state index is 12.6. The van der Waals surface area contributed by atoms with E-state index in [4.69, 9.17) is 0 Å². The lowest BCUT2D eigenvalue weighted by Gasteiger charge is -1.90. The molecule has 0 aliphatic carbocycles. The van der Waals surface area contributed by atoms with Crippen LogP contribution < -0.4 is 0 Å². The molecule has 0 aliphatic heterocycles. The van der Waals surface area contributed by atoms with Gasteiger partial charge < -0.3 is 0 Å². The van der Waals surface area contributed by atoms with Gasteiger partial charge in [-0.05, 0) is 24.3 Å². The third kappa shape index (κ3) is 1.83. The average Bonchev–Trinajstić information content (AvgIpc) is 3.10. The first kappa shape index (κ1) is 11.7. The molecular weight excluding hydrogens is 288 g/mol.